The summed E-state index contributed by atoms with van der Waals surface area (Å²) in [7, 11) is 0. The van der Waals surface area contributed by atoms with Crippen LogP contribution >= 0.6 is 0 Å². The predicted molar refractivity (Wildman–Crippen MR) is 115 cm³/mol. The van der Waals surface area contributed by atoms with Crippen molar-refractivity contribution in [2.45, 2.75) is 32.2 Å². The number of imide groups is 1. The third kappa shape index (κ3) is 4.54. The van der Waals surface area contributed by atoms with Gasteiger partial charge >= 0.3 is 5.97 Å². The molecule has 1 aromatic rings. The van der Waals surface area contributed by atoms with Crippen LogP contribution in [0.3, 0.4) is 0 Å². The van der Waals surface area contributed by atoms with Gasteiger partial charge in [0.1, 0.15) is 0 Å². The monoisotopic (exact) mass is 443 g/mol. The van der Waals surface area contributed by atoms with Gasteiger partial charge in [0.05, 0.1) is 43.5 Å². The zero-order valence-electron chi connectivity index (χ0n) is 18.3. The van der Waals surface area contributed by atoms with Gasteiger partial charge in [0.25, 0.3) is 5.91 Å². The summed E-state index contributed by atoms with van der Waals surface area (Å²) < 4.78 is 10.3. The first-order valence-corrected chi connectivity index (χ1v) is 11.2. The molecule has 3 fully saturated rings. The average Bonchev–Trinajstić information content (AvgIpc) is 3.13. The van der Waals surface area contributed by atoms with E-state index in [0.29, 0.717) is 63.5 Å². The Hall–Kier alpha value is -2.78. The van der Waals surface area contributed by atoms with Crippen LogP contribution in [0, 0.1) is 5.92 Å². The number of carbonyl (C=O) groups excluding carboxylic acids is 4. The molecule has 0 N–H and O–H groups in total. The van der Waals surface area contributed by atoms with Crippen molar-refractivity contribution in [2.75, 3.05) is 50.9 Å². The molecule has 0 spiro atoms. The molecule has 0 radical (unpaired) electrons. The van der Waals surface area contributed by atoms with E-state index < -0.39 is 12.0 Å². The van der Waals surface area contributed by atoms with Crippen molar-refractivity contribution in [2.24, 2.45) is 5.92 Å². The lowest BCUT2D eigenvalue weighted by Gasteiger charge is -2.37. The van der Waals surface area contributed by atoms with Gasteiger partial charge in [0.15, 0.2) is 0 Å². The highest BCUT2D eigenvalue weighted by molar-refractivity contribution is 6.22. The topological polar surface area (TPSA) is 96.5 Å². The van der Waals surface area contributed by atoms with Crippen LogP contribution in [0.15, 0.2) is 24.3 Å². The number of rotatable bonds is 5. The average molecular weight is 444 g/mol. The maximum atomic E-state index is 13.1. The van der Waals surface area contributed by atoms with Gasteiger partial charge in [0.2, 0.25) is 11.8 Å². The number of carbonyl (C=O) groups is 4. The normalized spacial score (nSPS) is 23.0. The molecule has 1 aromatic carbocycles. The minimum atomic E-state index is -0.508. The number of hydrogen-bond acceptors (Lipinski definition) is 7. The lowest BCUT2D eigenvalue weighted by atomic mass is 9.94. The van der Waals surface area contributed by atoms with Crippen LogP contribution in [0.5, 0.6) is 0 Å². The van der Waals surface area contributed by atoms with Crippen molar-refractivity contribution >= 4 is 29.4 Å². The highest BCUT2D eigenvalue weighted by Crippen LogP contribution is 2.29. The Kier molecular flexibility index (Phi) is 6.86. The molecule has 3 aliphatic heterocycles. The fourth-order valence-electron chi connectivity index (χ4n) is 4.63. The molecule has 32 heavy (non-hydrogen) atoms. The molecule has 0 aliphatic carbocycles. The number of esters is 1. The number of hydrogen-bond donors (Lipinski definition) is 0. The van der Waals surface area contributed by atoms with Crippen molar-refractivity contribution in [3.63, 3.8) is 0 Å². The molecular formula is C23H29N3O6. The fourth-order valence-corrected chi connectivity index (χ4v) is 4.63. The van der Waals surface area contributed by atoms with E-state index in [4.69, 9.17) is 9.47 Å². The number of morpholine rings is 1. The fraction of sp³-hybridized carbons (Fsp3) is 0.565. The molecule has 3 aliphatic rings. The predicted octanol–water partition coefficient (Wildman–Crippen LogP) is 1.07. The highest BCUT2D eigenvalue weighted by atomic mass is 16.5. The summed E-state index contributed by atoms with van der Waals surface area (Å²) in [6, 6.07) is 5.80. The molecule has 0 saturated carbocycles. The molecule has 3 amide bonds. The lowest BCUT2D eigenvalue weighted by Crippen LogP contribution is -2.50. The summed E-state index contributed by atoms with van der Waals surface area (Å²) >= 11 is 0. The van der Waals surface area contributed by atoms with Crippen molar-refractivity contribution in [3.8, 4) is 0 Å². The van der Waals surface area contributed by atoms with Crippen LogP contribution in [0.2, 0.25) is 0 Å². The molecule has 172 valence electrons. The largest absolute Gasteiger partial charge is 0.462 e. The van der Waals surface area contributed by atoms with Gasteiger partial charge < -0.3 is 14.4 Å². The Morgan fingerprint density at radius 2 is 1.69 bits per heavy atom. The number of benzene rings is 1. The van der Waals surface area contributed by atoms with Crippen LogP contribution in [0.1, 0.15) is 36.5 Å². The molecule has 3 saturated heterocycles. The molecule has 0 bridgehead atoms. The van der Waals surface area contributed by atoms with Crippen molar-refractivity contribution in [1.29, 1.82) is 0 Å². The Balaban J connectivity index is 1.36. The first-order valence-electron chi connectivity index (χ1n) is 11.2. The van der Waals surface area contributed by atoms with Gasteiger partial charge in [-0.1, -0.05) is 0 Å². The molecule has 0 aromatic heterocycles. The van der Waals surface area contributed by atoms with Gasteiger partial charge in [-0.2, -0.15) is 0 Å². The Bertz CT molecular complexity index is 872. The van der Waals surface area contributed by atoms with Gasteiger partial charge in [0, 0.05) is 19.0 Å². The summed E-state index contributed by atoms with van der Waals surface area (Å²) in [5, 5.41) is 0. The molecular weight excluding hydrogens is 414 g/mol. The van der Waals surface area contributed by atoms with E-state index in [1.54, 1.807) is 31.2 Å². The minimum Gasteiger partial charge on any atom is -0.462 e. The number of piperidine rings is 1. The zero-order valence-corrected chi connectivity index (χ0v) is 18.3. The van der Waals surface area contributed by atoms with Crippen LogP contribution in [-0.4, -0.2) is 85.5 Å². The summed E-state index contributed by atoms with van der Waals surface area (Å²) in [6.45, 7) is 5.67. The second-order valence-corrected chi connectivity index (χ2v) is 8.30. The summed E-state index contributed by atoms with van der Waals surface area (Å²) in [5.41, 5.74) is 0.825. The summed E-state index contributed by atoms with van der Waals surface area (Å²) in [4.78, 5) is 55.4. The number of nitrogens with zero attached hydrogens (tertiary/aromatic N) is 3. The Labute approximate surface area is 187 Å². The first-order chi connectivity index (χ1) is 15.5. The maximum Gasteiger partial charge on any atom is 0.338 e. The quantitative estimate of drug-likeness (QED) is 0.496. The van der Waals surface area contributed by atoms with Crippen molar-refractivity contribution < 1.29 is 28.7 Å². The van der Waals surface area contributed by atoms with E-state index in [1.807, 2.05) is 9.80 Å². The third-order valence-corrected chi connectivity index (χ3v) is 6.40. The third-order valence-electron chi connectivity index (χ3n) is 6.40. The van der Waals surface area contributed by atoms with Crippen molar-refractivity contribution in [3.05, 3.63) is 29.8 Å². The summed E-state index contributed by atoms with van der Waals surface area (Å²) in [5.74, 6) is -0.814. The van der Waals surface area contributed by atoms with Crippen LogP contribution in [0.25, 0.3) is 0 Å². The van der Waals surface area contributed by atoms with E-state index >= 15 is 0 Å². The second-order valence-electron chi connectivity index (χ2n) is 8.30. The lowest BCUT2D eigenvalue weighted by molar-refractivity contribution is -0.141. The standard InChI is InChI=1S/C23H29N3O6/c1-2-32-23(30)17-3-5-18(6-4-17)26-20(27)15-19(22(26)29)24-9-7-16(8-10-24)21(28)25-11-13-31-14-12-25/h3-6,16,19H,2,7-15H2,1H3. The van der Waals surface area contributed by atoms with E-state index in [-0.39, 0.29) is 36.7 Å². The molecule has 1 atom stereocenters. The van der Waals surface area contributed by atoms with E-state index in [9.17, 15) is 19.2 Å². The molecule has 1 unspecified atom stereocenters. The van der Waals surface area contributed by atoms with E-state index in [2.05, 4.69) is 0 Å². The van der Waals surface area contributed by atoms with E-state index in [1.165, 1.54) is 4.90 Å². The number of likely N-dealkylation sites (tertiary alicyclic amines) is 1. The van der Waals surface area contributed by atoms with Gasteiger partial charge in [-0.3, -0.25) is 19.3 Å². The number of amides is 3. The maximum absolute atomic E-state index is 13.1. The Morgan fingerprint density at radius 1 is 1.03 bits per heavy atom. The van der Waals surface area contributed by atoms with E-state index in [0.717, 1.165) is 0 Å². The molecule has 4 rings (SSSR count). The van der Waals surface area contributed by atoms with Crippen LogP contribution < -0.4 is 4.90 Å². The van der Waals surface area contributed by atoms with Gasteiger partial charge in [-0.25, -0.2) is 9.69 Å². The van der Waals surface area contributed by atoms with Crippen LogP contribution in [-0.2, 0) is 23.9 Å². The molecule has 9 heteroatoms. The SMILES string of the molecule is CCOC(=O)c1ccc(N2C(=O)CC(N3CCC(C(=O)N4CCOCC4)CC3)C2=O)cc1. The highest BCUT2D eigenvalue weighted by Gasteiger charge is 2.44. The summed E-state index contributed by atoms with van der Waals surface area (Å²) in [6.07, 6.45) is 1.49. The Morgan fingerprint density at radius 3 is 2.31 bits per heavy atom. The number of anilines is 1. The van der Waals surface area contributed by atoms with Gasteiger partial charge in [-0.05, 0) is 57.1 Å². The van der Waals surface area contributed by atoms with Crippen molar-refractivity contribution in [1.82, 2.24) is 9.80 Å². The molecule has 9 nitrogen and oxygen atoms in total. The second kappa shape index (κ2) is 9.79. The molecule has 3 heterocycles. The van der Waals surface area contributed by atoms with Crippen LogP contribution in [0.4, 0.5) is 5.69 Å². The first kappa shape index (κ1) is 22.4. The number of ether oxygens (including phenoxy) is 2. The zero-order chi connectivity index (χ0) is 22.7. The van der Waals surface area contributed by atoms with Gasteiger partial charge in [-0.15, -0.1) is 0 Å². The minimum absolute atomic E-state index is 0.0388. The smallest absolute Gasteiger partial charge is 0.338 e.